The standard InChI is InChI=1S/C18H14Cl2N4O3/c19-12-4-11-5-14(18(26)27)24-17(16(11)13(20)6-12)23-9-15(25)22-8-10-2-1-3-21-7-10/h1-7H,8-9H2,(H,22,25)(H,23,24)(H,26,27). The van der Waals surface area contributed by atoms with Gasteiger partial charge in [-0.2, -0.15) is 0 Å². The van der Waals surface area contributed by atoms with Crippen LogP contribution in [-0.2, 0) is 11.3 Å². The number of aromatic carboxylic acids is 1. The number of amides is 1. The highest BCUT2D eigenvalue weighted by molar-refractivity contribution is 6.39. The summed E-state index contributed by atoms with van der Waals surface area (Å²) in [5.41, 5.74) is 0.680. The average Bonchev–Trinajstić information content (AvgIpc) is 2.64. The molecule has 0 aliphatic heterocycles. The molecule has 1 aromatic carbocycles. The van der Waals surface area contributed by atoms with Gasteiger partial charge < -0.3 is 15.7 Å². The molecular formula is C18H14Cl2N4O3. The summed E-state index contributed by atoms with van der Waals surface area (Å²) in [5.74, 6) is -1.29. The molecule has 138 valence electrons. The van der Waals surface area contributed by atoms with Crippen LogP contribution in [0.15, 0.2) is 42.7 Å². The second kappa shape index (κ2) is 8.20. The van der Waals surface area contributed by atoms with Crippen molar-refractivity contribution in [1.29, 1.82) is 0 Å². The molecule has 0 unspecified atom stereocenters. The Hall–Kier alpha value is -2.90. The molecule has 7 nitrogen and oxygen atoms in total. The van der Waals surface area contributed by atoms with E-state index in [-0.39, 0.29) is 24.0 Å². The largest absolute Gasteiger partial charge is 0.477 e. The third-order valence-electron chi connectivity index (χ3n) is 3.69. The van der Waals surface area contributed by atoms with Crippen LogP contribution >= 0.6 is 23.2 Å². The summed E-state index contributed by atoms with van der Waals surface area (Å²) < 4.78 is 0. The Balaban J connectivity index is 1.79. The van der Waals surface area contributed by atoms with Crippen molar-refractivity contribution in [3.8, 4) is 0 Å². The van der Waals surface area contributed by atoms with Gasteiger partial charge in [-0.3, -0.25) is 9.78 Å². The molecule has 0 spiro atoms. The lowest BCUT2D eigenvalue weighted by molar-refractivity contribution is -0.119. The predicted molar refractivity (Wildman–Crippen MR) is 103 cm³/mol. The maximum atomic E-state index is 12.1. The summed E-state index contributed by atoms with van der Waals surface area (Å²) in [6.07, 6.45) is 3.30. The van der Waals surface area contributed by atoms with Gasteiger partial charge in [-0.15, -0.1) is 0 Å². The van der Waals surface area contributed by atoms with Crippen LogP contribution in [0.25, 0.3) is 10.8 Å². The van der Waals surface area contributed by atoms with Crippen molar-refractivity contribution in [2.75, 3.05) is 11.9 Å². The summed E-state index contributed by atoms with van der Waals surface area (Å²) in [7, 11) is 0. The number of fused-ring (bicyclic) bond motifs is 1. The van der Waals surface area contributed by atoms with Gasteiger partial charge in [0.25, 0.3) is 0 Å². The van der Waals surface area contributed by atoms with Gasteiger partial charge in [0.15, 0.2) is 5.69 Å². The molecule has 0 fully saturated rings. The Morgan fingerprint density at radius 1 is 1.19 bits per heavy atom. The van der Waals surface area contributed by atoms with Gasteiger partial charge in [-0.25, -0.2) is 9.78 Å². The molecule has 1 amide bonds. The highest BCUT2D eigenvalue weighted by atomic mass is 35.5. The highest BCUT2D eigenvalue weighted by Crippen LogP contribution is 2.33. The fourth-order valence-electron chi connectivity index (χ4n) is 2.48. The molecule has 0 bridgehead atoms. The minimum Gasteiger partial charge on any atom is -0.477 e. The Morgan fingerprint density at radius 2 is 2.00 bits per heavy atom. The number of hydrogen-bond donors (Lipinski definition) is 3. The van der Waals surface area contributed by atoms with Crippen LogP contribution < -0.4 is 10.6 Å². The van der Waals surface area contributed by atoms with E-state index in [0.29, 0.717) is 27.4 Å². The van der Waals surface area contributed by atoms with Gasteiger partial charge in [0.05, 0.1) is 11.6 Å². The first-order valence-corrected chi connectivity index (χ1v) is 8.62. The molecule has 0 radical (unpaired) electrons. The van der Waals surface area contributed by atoms with E-state index in [4.69, 9.17) is 23.2 Å². The van der Waals surface area contributed by atoms with Crippen LogP contribution in [0.5, 0.6) is 0 Å². The van der Waals surface area contributed by atoms with Crippen molar-refractivity contribution in [3.63, 3.8) is 0 Å². The SMILES string of the molecule is O=C(CNc1nc(C(=O)O)cc2cc(Cl)cc(Cl)c12)NCc1cccnc1. The number of hydrogen-bond acceptors (Lipinski definition) is 5. The summed E-state index contributed by atoms with van der Waals surface area (Å²) in [6, 6.07) is 8.12. The molecule has 2 heterocycles. The molecule has 0 atom stereocenters. The Labute approximate surface area is 164 Å². The van der Waals surface area contributed by atoms with Gasteiger partial charge in [-0.1, -0.05) is 29.3 Å². The number of nitrogens with one attached hydrogen (secondary N) is 2. The Morgan fingerprint density at radius 3 is 2.70 bits per heavy atom. The minimum atomic E-state index is -1.20. The summed E-state index contributed by atoms with van der Waals surface area (Å²) >= 11 is 12.2. The van der Waals surface area contributed by atoms with Gasteiger partial charge in [0, 0.05) is 29.3 Å². The predicted octanol–water partition coefficient (Wildman–Crippen LogP) is 3.36. The lowest BCUT2D eigenvalue weighted by Crippen LogP contribution is -2.29. The molecule has 2 aromatic heterocycles. The number of carboxylic acids is 1. The molecular weight excluding hydrogens is 391 g/mol. The normalized spacial score (nSPS) is 10.6. The maximum absolute atomic E-state index is 12.1. The van der Waals surface area contributed by atoms with E-state index < -0.39 is 5.97 Å². The maximum Gasteiger partial charge on any atom is 0.354 e. The van der Waals surface area contributed by atoms with E-state index >= 15 is 0 Å². The van der Waals surface area contributed by atoms with Gasteiger partial charge >= 0.3 is 5.97 Å². The first kappa shape index (κ1) is 18.9. The molecule has 0 aliphatic rings. The van der Waals surface area contributed by atoms with Gasteiger partial charge in [0.2, 0.25) is 5.91 Å². The van der Waals surface area contributed by atoms with Crippen molar-refractivity contribution in [1.82, 2.24) is 15.3 Å². The number of carbonyl (C=O) groups excluding carboxylic acids is 1. The fourth-order valence-corrected chi connectivity index (χ4v) is 3.08. The number of anilines is 1. The van der Waals surface area contributed by atoms with Crippen molar-refractivity contribution >= 4 is 51.7 Å². The molecule has 3 rings (SSSR count). The fraction of sp³-hybridized carbons (Fsp3) is 0.111. The molecule has 0 saturated heterocycles. The van der Waals surface area contributed by atoms with Crippen LogP contribution in [0.3, 0.4) is 0 Å². The lowest BCUT2D eigenvalue weighted by atomic mass is 10.1. The van der Waals surface area contributed by atoms with Crippen LogP contribution in [0.1, 0.15) is 16.1 Å². The Bertz CT molecular complexity index is 1010. The first-order valence-electron chi connectivity index (χ1n) is 7.86. The number of halogens is 2. The van der Waals surface area contributed by atoms with E-state index in [1.807, 2.05) is 6.07 Å². The zero-order valence-corrected chi connectivity index (χ0v) is 15.4. The van der Waals surface area contributed by atoms with Crippen molar-refractivity contribution < 1.29 is 14.7 Å². The van der Waals surface area contributed by atoms with E-state index in [2.05, 4.69) is 20.6 Å². The summed E-state index contributed by atoms with van der Waals surface area (Å²) in [4.78, 5) is 31.4. The summed E-state index contributed by atoms with van der Waals surface area (Å²) in [6.45, 7) is 0.221. The van der Waals surface area contributed by atoms with Crippen LogP contribution in [0.4, 0.5) is 5.82 Å². The van der Waals surface area contributed by atoms with E-state index in [1.165, 1.54) is 12.1 Å². The van der Waals surface area contributed by atoms with E-state index in [0.717, 1.165) is 5.56 Å². The third kappa shape index (κ3) is 4.64. The minimum absolute atomic E-state index is 0.107. The first-order chi connectivity index (χ1) is 12.9. The van der Waals surface area contributed by atoms with Crippen molar-refractivity contribution in [2.45, 2.75) is 6.54 Å². The number of carbonyl (C=O) groups is 2. The number of pyridine rings is 2. The molecule has 3 N–H and O–H groups in total. The topological polar surface area (TPSA) is 104 Å². The second-order valence-electron chi connectivity index (χ2n) is 5.64. The Kier molecular flexibility index (Phi) is 5.73. The highest BCUT2D eigenvalue weighted by Gasteiger charge is 2.15. The van der Waals surface area contributed by atoms with Gasteiger partial charge in [-0.05, 0) is 35.2 Å². The number of carboxylic acid groups (broad SMARTS) is 1. The number of benzene rings is 1. The van der Waals surface area contributed by atoms with E-state index in [9.17, 15) is 14.7 Å². The van der Waals surface area contributed by atoms with E-state index in [1.54, 1.807) is 24.5 Å². The second-order valence-corrected chi connectivity index (χ2v) is 6.48. The number of rotatable bonds is 6. The molecule has 0 saturated carbocycles. The zero-order chi connectivity index (χ0) is 19.4. The van der Waals surface area contributed by atoms with Crippen molar-refractivity contribution in [3.05, 3.63) is 64.0 Å². The number of aromatic nitrogens is 2. The molecule has 27 heavy (non-hydrogen) atoms. The lowest BCUT2D eigenvalue weighted by Gasteiger charge is -2.12. The van der Waals surface area contributed by atoms with Crippen molar-refractivity contribution in [2.24, 2.45) is 0 Å². The number of nitrogens with zero attached hydrogens (tertiary/aromatic N) is 2. The quantitative estimate of drug-likeness (QED) is 0.581. The summed E-state index contributed by atoms with van der Waals surface area (Å²) in [5, 5.41) is 16.5. The molecule has 0 aliphatic carbocycles. The smallest absolute Gasteiger partial charge is 0.354 e. The zero-order valence-electron chi connectivity index (χ0n) is 13.9. The third-order valence-corrected chi connectivity index (χ3v) is 4.21. The van der Waals surface area contributed by atoms with Crippen LogP contribution in [0, 0.1) is 0 Å². The van der Waals surface area contributed by atoms with Gasteiger partial charge in [0.1, 0.15) is 5.82 Å². The van der Waals surface area contributed by atoms with Crippen LogP contribution in [0.2, 0.25) is 10.0 Å². The van der Waals surface area contributed by atoms with Crippen LogP contribution in [-0.4, -0.2) is 33.5 Å². The monoisotopic (exact) mass is 404 g/mol. The molecule has 9 heteroatoms. The molecule has 3 aromatic rings. The average molecular weight is 405 g/mol.